The summed E-state index contributed by atoms with van der Waals surface area (Å²) in [5.74, 6) is -1.13. The lowest BCUT2D eigenvalue weighted by atomic mass is 10.1. The summed E-state index contributed by atoms with van der Waals surface area (Å²) in [4.78, 5) is 11.3. The number of nitrogens with one attached hydrogen (secondary N) is 2. The van der Waals surface area contributed by atoms with E-state index in [1.807, 2.05) is 0 Å². The van der Waals surface area contributed by atoms with Crippen LogP contribution in [0.1, 0.15) is 68.6 Å². The van der Waals surface area contributed by atoms with E-state index in [-0.39, 0.29) is 16.5 Å². The Hall–Kier alpha value is -1.60. The number of anilines is 1. The molecule has 1 fully saturated rings. The summed E-state index contributed by atoms with van der Waals surface area (Å²) >= 11 is 0. The van der Waals surface area contributed by atoms with Gasteiger partial charge in [-0.3, -0.25) is 0 Å². The van der Waals surface area contributed by atoms with Crippen LogP contribution in [0.3, 0.4) is 0 Å². The normalized spacial score (nSPS) is 16.4. The summed E-state index contributed by atoms with van der Waals surface area (Å²) in [6.07, 6.45) is 7.87. The second-order valence-corrected chi connectivity index (χ2v) is 8.29. The van der Waals surface area contributed by atoms with Crippen molar-refractivity contribution in [1.82, 2.24) is 4.72 Å². The lowest BCUT2D eigenvalue weighted by molar-refractivity contribution is 0.0696. The van der Waals surface area contributed by atoms with E-state index in [2.05, 4.69) is 17.0 Å². The van der Waals surface area contributed by atoms with Crippen LogP contribution in [0.4, 0.5) is 5.69 Å². The molecule has 0 saturated heterocycles. The Bertz CT molecular complexity index is 680. The maximum atomic E-state index is 12.9. The summed E-state index contributed by atoms with van der Waals surface area (Å²) in [6.45, 7) is 2.70. The van der Waals surface area contributed by atoms with E-state index in [0.717, 1.165) is 51.4 Å². The van der Waals surface area contributed by atoms with Crippen LogP contribution < -0.4 is 10.0 Å². The maximum absolute atomic E-state index is 12.9. The predicted molar refractivity (Wildman–Crippen MR) is 98.6 cm³/mol. The molecule has 25 heavy (non-hydrogen) atoms. The van der Waals surface area contributed by atoms with Gasteiger partial charge in [0.1, 0.15) is 4.90 Å². The van der Waals surface area contributed by atoms with E-state index in [1.54, 1.807) is 6.07 Å². The first kappa shape index (κ1) is 19.7. The minimum atomic E-state index is -3.78. The van der Waals surface area contributed by atoms with Gasteiger partial charge in [0, 0.05) is 12.6 Å². The van der Waals surface area contributed by atoms with Gasteiger partial charge >= 0.3 is 5.97 Å². The molecule has 7 heteroatoms. The fraction of sp³-hybridized carbons (Fsp3) is 0.611. The van der Waals surface area contributed by atoms with Crippen molar-refractivity contribution in [3.8, 4) is 0 Å². The van der Waals surface area contributed by atoms with Crippen molar-refractivity contribution >= 4 is 21.7 Å². The van der Waals surface area contributed by atoms with Gasteiger partial charge < -0.3 is 10.4 Å². The summed E-state index contributed by atoms with van der Waals surface area (Å²) in [7, 11) is -3.78. The number of sulfonamides is 1. The predicted octanol–water partition coefficient (Wildman–Crippen LogP) is 3.60. The van der Waals surface area contributed by atoms with Gasteiger partial charge in [0.2, 0.25) is 10.0 Å². The van der Waals surface area contributed by atoms with E-state index in [9.17, 15) is 18.3 Å². The summed E-state index contributed by atoms with van der Waals surface area (Å²) < 4.78 is 28.6. The van der Waals surface area contributed by atoms with E-state index >= 15 is 0 Å². The third-order valence-corrected chi connectivity index (χ3v) is 6.10. The number of rotatable bonds is 8. The van der Waals surface area contributed by atoms with E-state index < -0.39 is 16.0 Å². The van der Waals surface area contributed by atoms with Crippen molar-refractivity contribution in [2.45, 2.75) is 69.2 Å². The number of aromatic carboxylic acids is 1. The highest BCUT2D eigenvalue weighted by Gasteiger charge is 2.25. The average molecular weight is 368 g/mol. The quantitative estimate of drug-likeness (QED) is 0.481. The van der Waals surface area contributed by atoms with Crippen LogP contribution >= 0.6 is 0 Å². The standard InChI is InChI=1S/C18H28N2O4S/c1-2-3-12-19-16-11-10-14(18(21)22)13-17(16)25(23,24)20-15-8-6-4-5-7-9-15/h10-11,13,15,19-20H,2-9,12H2,1H3,(H,21,22). The lowest BCUT2D eigenvalue weighted by Gasteiger charge is -2.19. The highest BCUT2D eigenvalue weighted by Crippen LogP contribution is 2.25. The third-order valence-electron chi connectivity index (χ3n) is 4.54. The minimum Gasteiger partial charge on any atom is -0.478 e. The van der Waals surface area contributed by atoms with Crippen molar-refractivity contribution in [3.63, 3.8) is 0 Å². The number of unbranched alkanes of at least 4 members (excludes halogenated alkanes) is 1. The molecule has 1 saturated carbocycles. The van der Waals surface area contributed by atoms with E-state index in [1.165, 1.54) is 12.1 Å². The summed E-state index contributed by atoms with van der Waals surface area (Å²) in [6, 6.07) is 4.14. The van der Waals surface area contributed by atoms with Crippen molar-refractivity contribution in [1.29, 1.82) is 0 Å². The molecular formula is C18H28N2O4S. The molecule has 0 atom stereocenters. The first-order valence-electron chi connectivity index (χ1n) is 9.07. The van der Waals surface area contributed by atoms with Gasteiger partial charge in [0.25, 0.3) is 0 Å². The van der Waals surface area contributed by atoms with Crippen LogP contribution in [0.2, 0.25) is 0 Å². The molecular weight excluding hydrogens is 340 g/mol. The second-order valence-electron chi connectivity index (χ2n) is 6.61. The van der Waals surface area contributed by atoms with Crippen molar-refractivity contribution in [3.05, 3.63) is 23.8 Å². The molecule has 0 bridgehead atoms. The van der Waals surface area contributed by atoms with Gasteiger partial charge in [-0.25, -0.2) is 17.9 Å². The number of benzene rings is 1. The van der Waals surface area contributed by atoms with Crippen molar-refractivity contribution in [2.75, 3.05) is 11.9 Å². The molecule has 0 spiro atoms. The molecule has 1 aromatic rings. The lowest BCUT2D eigenvalue weighted by Crippen LogP contribution is -2.35. The zero-order chi connectivity index (χ0) is 18.3. The number of hydrogen-bond donors (Lipinski definition) is 3. The van der Waals surface area contributed by atoms with Gasteiger partial charge in [0.15, 0.2) is 0 Å². The Morgan fingerprint density at radius 3 is 2.48 bits per heavy atom. The largest absolute Gasteiger partial charge is 0.478 e. The molecule has 0 amide bonds. The Labute approximate surface area is 150 Å². The third kappa shape index (κ3) is 5.71. The number of hydrogen-bond acceptors (Lipinski definition) is 4. The van der Waals surface area contributed by atoms with Crippen LogP contribution in [0, 0.1) is 0 Å². The monoisotopic (exact) mass is 368 g/mol. The van der Waals surface area contributed by atoms with E-state index in [4.69, 9.17) is 0 Å². The zero-order valence-electron chi connectivity index (χ0n) is 14.8. The van der Waals surface area contributed by atoms with Gasteiger partial charge in [-0.1, -0.05) is 39.0 Å². The van der Waals surface area contributed by atoms with Crippen LogP contribution in [0.25, 0.3) is 0 Å². The molecule has 0 aliphatic heterocycles. The first-order chi connectivity index (χ1) is 11.9. The van der Waals surface area contributed by atoms with Gasteiger partial charge in [-0.2, -0.15) is 0 Å². The van der Waals surface area contributed by atoms with Crippen LogP contribution in [-0.4, -0.2) is 32.1 Å². The number of carboxylic acid groups (broad SMARTS) is 1. The Balaban J connectivity index is 2.27. The zero-order valence-corrected chi connectivity index (χ0v) is 15.6. The minimum absolute atomic E-state index is 0.0211. The molecule has 1 aromatic carbocycles. The second kappa shape index (κ2) is 9.20. The summed E-state index contributed by atoms with van der Waals surface area (Å²) in [5.41, 5.74) is 0.432. The van der Waals surface area contributed by atoms with Crippen molar-refractivity contribution in [2.24, 2.45) is 0 Å². The van der Waals surface area contributed by atoms with Crippen LogP contribution in [0.15, 0.2) is 23.1 Å². The Morgan fingerprint density at radius 1 is 1.20 bits per heavy atom. The van der Waals surface area contributed by atoms with E-state index in [0.29, 0.717) is 12.2 Å². The fourth-order valence-corrected chi connectivity index (χ4v) is 4.62. The Kier molecular flexibility index (Phi) is 7.25. The van der Waals surface area contributed by atoms with Gasteiger partial charge in [0.05, 0.1) is 11.3 Å². The topological polar surface area (TPSA) is 95.5 Å². The van der Waals surface area contributed by atoms with Gasteiger partial charge in [-0.05, 0) is 37.5 Å². The molecule has 0 unspecified atom stereocenters. The molecule has 1 aliphatic rings. The molecule has 0 radical (unpaired) electrons. The fourth-order valence-electron chi connectivity index (χ4n) is 3.10. The molecule has 0 heterocycles. The van der Waals surface area contributed by atoms with Crippen LogP contribution in [0.5, 0.6) is 0 Å². The molecule has 1 aliphatic carbocycles. The maximum Gasteiger partial charge on any atom is 0.335 e. The molecule has 3 N–H and O–H groups in total. The molecule has 2 rings (SSSR count). The number of carboxylic acids is 1. The van der Waals surface area contributed by atoms with Gasteiger partial charge in [-0.15, -0.1) is 0 Å². The molecule has 6 nitrogen and oxygen atoms in total. The summed E-state index contributed by atoms with van der Waals surface area (Å²) in [5, 5.41) is 12.3. The highest BCUT2D eigenvalue weighted by atomic mass is 32.2. The van der Waals surface area contributed by atoms with Crippen LogP contribution in [-0.2, 0) is 10.0 Å². The smallest absolute Gasteiger partial charge is 0.335 e. The SMILES string of the molecule is CCCCNc1ccc(C(=O)O)cc1S(=O)(=O)NC1CCCCCC1. The highest BCUT2D eigenvalue weighted by molar-refractivity contribution is 7.89. The first-order valence-corrected chi connectivity index (χ1v) is 10.6. The Morgan fingerprint density at radius 2 is 1.88 bits per heavy atom. The molecule has 140 valence electrons. The average Bonchev–Trinajstić information content (AvgIpc) is 2.83. The molecule has 0 aromatic heterocycles. The number of carbonyl (C=O) groups is 1. The van der Waals surface area contributed by atoms with Crippen molar-refractivity contribution < 1.29 is 18.3 Å².